The fourth-order valence-electron chi connectivity index (χ4n) is 1.25. The van der Waals surface area contributed by atoms with Crippen molar-refractivity contribution < 1.29 is 5.11 Å². The van der Waals surface area contributed by atoms with Crippen LogP contribution in [0.4, 0.5) is 5.82 Å². The van der Waals surface area contributed by atoms with Crippen LogP contribution in [0.3, 0.4) is 0 Å². The maximum absolute atomic E-state index is 9.64. The Hall–Kier alpha value is -0.650. The Morgan fingerprint density at radius 2 is 2.00 bits per heavy atom. The van der Waals surface area contributed by atoms with Crippen molar-refractivity contribution in [3.63, 3.8) is 0 Å². The largest absolute Gasteiger partial charge is 0.391 e. The first-order valence-corrected chi connectivity index (χ1v) is 5.72. The molecule has 0 aromatic carbocycles. The van der Waals surface area contributed by atoms with Crippen LogP contribution in [0.5, 0.6) is 0 Å². The van der Waals surface area contributed by atoms with Gasteiger partial charge in [-0.1, -0.05) is 25.4 Å². The molecule has 0 radical (unpaired) electrons. The van der Waals surface area contributed by atoms with Gasteiger partial charge in [0.15, 0.2) is 11.0 Å². The van der Waals surface area contributed by atoms with E-state index in [0.29, 0.717) is 24.7 Å². The van der Waals surface area contributed by atoms with Crippen LogP contribution < -0.4 is 5.32 Å². The number of hydrogen-bond donors (Lipinski definition) is 2. The highest BCUT2D eigenvalue weighted by Crippen LogP contribution is 2.16. The summed E-state index contributed by atoms with van der Waals surface area (Å²) in [6.07, 6.45) is 0.251. The lowest BCUT2D eigenvalue weighted by atomic mass is 10.1. The number of aliphatic hydroxyl groups excluding tert-OH is 1. The van der Waals surface area contributed by atoms with E-state index in [2.05, 4.69) is 20.5 Å². The van der Waals surface area contributed by atoms with E-state index in [-0.39, 0.29) is 10.4 Å². The molecular weight excluding hydrogens is 251 g/mol. The van der Waals surface area contributed by atoms with E-state index in [1.165, 1.54) is 0 Å². The quantitative estimate of drug-likeness (QED) is 0.852. The summed E-state index contributed by atoms with van der Waals surface area (Å²) in [5, 5.41) is 19.8. The number of nitrogens with one attached hydrogen (secondary N) is 1. The van der Waals surface area contributed by atoms with E-state index in [0.717, 1.165) is 0 Å². The predicted octanol–water partition coefficient (Wildman–Crippen LogP) is 2.00. The van der Waals surface area contributed by atoms with Crippen molar-refractivity contribution in [3.8, 4) is 0 Å². The highest BCUT2D eigenvalue weighted by Gasteiger charge is 2.10. The van der Waals surface area contributed by atoms with E-state index < -0.39 is 6.10 Å². The van der Waals surface area contributed by atoms with Crippen molar-refractivity contribution in [2.24, 2.45) is 5.92 Å². The van der Waals surface area contributed by atoms with Crippen molar-refractivity contribution in [2.45, 2.75) is 26.4 Å². The van der Waals surface area contributed by atoms with Crippen LogP contribution in [0.15, 0.2) is 0 Å². The maximum atomic E-state index is 9.64. The third kappa shape index (κ3) is 4.47. The fourth-order valence-corrected chi connectivity index (χ4v) is 1.52. The topological polar surface area (TPSA) is 70.9 Å². The first-order chi connectivity index (χ1) is 7.49. The molecule has 0 bridgehead atoms. The Kier molecular flexibility index (Phi) is 5.18. The molecule has 90 valence electrons. The summed E-state index contributed by atoms with van der Waals surface area (Å²) >= 11 is 11.3. The van der Waals surface area contributed by atoms with Gasteiger partial charge < -0.3 is 10.4 Å². The summed E-state index contributed by atoms with van der Waals surface area (Å²) in [6.45, 7) is 4.44. The molecule has 0 aliphatic rings. The van der Waals surface area contributed by atoms with Crippen LogP contribution in [0.2, 0.25) is 10.4 Å². The van der Waals surface area contributed by atoms with Gasteiger partial charge in [0.25, 0.3) is 0 Å². The summed E-state index contributed by atoms with van der Waals surface area (Å²) < 4.78 is 0. The van der Waals surface area contributed by atoms with Crippen LogP contribution >= 0.6 is 23.2 Å². The molecule has 1 unspecified atom stereocenters. The molecule has 1 heterocycles. The molecular formula is C9H14Cl2N4O. The second-order valence-corrected chi connectivity index (χ2v) is 4.58. The Bertz CT molecular complexity index is 348. The molecule has 0 amide bonds. The monoisotopic (exact) mass is 264 g/mol. The summed E-state index contributed by atoms with van der Waals surface area (Å²) in [4.78, 5) is 3.86. The molecule has 1 aromatic heterocycles. The number of nitrogens with zero attached hydrogens (tertiary/aromatic N) is 3. The molecule has 0 saturated heterocycles. The Labute approximate surface area is 104 Å². The Balaban J connectivity index is 2.51. The summed E-state index contributed by atoms with van der Waals surface area (Å²) in [7, 11) is 0. The van der Waals surface area contributed by atoms with Crippen molar-refractivity contribution in [1.29, 1.82) is 0 Å². The number of halogens is 2. The lowest BCUT2D eigenvalue weighted by Crippen LogP contribution is -2.22. The van der Waals surface area contributed by atoms with Crippen LogP contribution in [-0.4, -0.2) is 32.9 Å². The van der Waals surface area contributed by atoms with E-state index in [1.54, 1.807) is 0 Å². The summed E-state index contributed by atoms with van der Waals surface area (Å²) in [5.74, 6) is 0.767. The smallest absolute Gasteiger partial charge is 0.245 e. The van der Waals surface area contributed by atoms with Gasteiger partial charge in [0.1, 0.15) is 0 Å². The second-order valence-electron chi connectivity index (χ2n) is 3.88. The van der Waals surface area contributed by atoms with Gasteiger partial charge in [-0.3, -0.25) is 0 Å². The normalized spacial score (nSPS) is 12.9. The minimum atomic E-state index is -0.454. The highest BCUT2D eigenvalue weighted by molar-refractivity contribution is 6.32. The standard InChI is InChI=1S/C9H14Cl2N4O/c1-5(2)3-6(16)4-12-8-7(10)14-15-9(11)13-8/h5-6,16H,3-4H2,1-2H3,(H,12,13,15). The van der Waals surface area contributed by atoms with Crippen LogP contribution in [0.1, 0.15) is 20.3 Å². The van der Waals surface area contributed by atoms with Crippen molar-refractivity contribution in [2.75, 3.05) is 11.9 Å². The maximum Gasteiger partial charge on any atom is 0.245 e. The Morgan fingerprint density at radius 1 is 1.31 bits per heavy atom. The van der Waals surface area contributed by atoms with Crippen LogP contribution in [-0.2, 0) is 0 Å². The summed E-state index contributed by atoms with van der Waals surface area (Å²) in [5.41, 5.74) is 0. The number of rotatable bonds is 5. The van der Waals surface area contributed by atoms with Gasteiger partial charge in [0.05, 0.1) is 6.10 Å². The number of aromatic nitrogens is 3. The van der Waals surface area contributed by atoms with Gasteiger partial charge in [-0.25, -0.2) is 0 Å². The van der Waals surface area contributed by atoms with Crippen molar-refractivity contribution in [1.82, 2.24) is 15.2 Å². The zero-order valence-corrected chi connectivity index (χ0v) is 10.6. The highest BCUT2D eigenvalue weighted by atomic mass is 35.5. The number of aliphatic hydroxyl groups is 1. The predicted molar refractivity (Wildman–Crippen MR) is 63.8 cm³/mol. The van der Waals surface area contributed by atoms with E-state index in [9.17, 15) is 5.11 Å². The van der Waals surface area contributed by atoms with Crippen molar-refractivity contribution in [3.05, 3.63) is 10.4 Å². The number of hydrogen-bond acceptors (Lipinski definition) is 5. The van der Waals surface area contributed by atoms with Gasteiger partial charge in [-0.05, 0) is 23.9 Å². The van der Waals surface area contributed by atoms with E-state index in [4.69, 9.17) is 23.2 Å². The van der Waals surface area contributed by atoms with Crippen molar-refractivity contribution >= 4 is 29.0 Å². The van der Waals surface area contributed by atoms with Crippen LogP contribution in [0.25, 0.3) is 0 Å². The van der Waals surface area contributed by atoms with E-state index in [1.807, 2.05) is 13.8 Å². The molecule has 0 aliphatic heterocycles. The molecule has 0 saturated carbocycles. The SMILES string of the molecule is CC(C)CC(O)CNc1nc(Cl)nnc1Cl. The molecule has 7 heteroatoms. The average molecular weight is 265 g/mol. The molecule has 1 atom stereocenters. The number of anilines is 1. The summed E-state index contributed by atoms with van der Waals surface area (Å²) in [6, 6.07) is 0. The van der Waals surface area contributed by atoms with Gasteiger partial charge in [0, 0.05) is 6.54 Å². The molecule has 0 spiro atoms. The van der Waals surface area contributed by atoms with Gasteiger partial charge in [-0.2, -0.15) is 4.98 Å². The first-order valence-electron chi connectivity index (χ1n) is 4.96. The minimum Gasteiger partial charge on any atom is -0.391 e. The molecule has 16 heavy (non-hydrogen) atoms. The fraction of sp³-hybridized carbons (Fsp3) is 0.667. The third-order valence-electron chi connectivity index (χ3n) is 1.87. The molecule has 2 N–H and O–H groups in total. The lowest BCUT2D eigenvalue weighted by molar-refractivity contribution is 0.161. The molecule has 0 fully saturated rings. The van der Waals surface area contributed by atoms with E-state index >= 15 is 0 Å². The van der Waals surface area contributed by atoms with Gasteiger partial charge in [-0.15, -0.1) is 10.2 Å². The molecule has 1 aromatic rings. The average Bonchev–Trinajstić information content (AvgIpc) is 2.18. The molecule has 1 rings (SSSR count). The van der Waals surface area contributed by atoms with Crippen LogP contribution in [0, 0.1) is 5.92 Å². The first kappa shape index (κ1) is 13.4. The third-order valence-corrected chi connectivity index (χ3v) is 2.28. The van der Waals surface area contributed by atoms with Gasteiger partial charge >= 0.3 is 0 Å². The molecule has 5 nitrogen and oxygen atoms in total. The zero-order valence-electron chi connectivity index (χ0n) is 9.11. The zero-order chi connectivity index (χ0) is 12.1. The van der Waals surface area contributed by atoms with Gasteiger partial charge in [0.2, 0.25) is 5.28 Å². The minimum absolute atomic E-state index is 0.0187. The Morgan fingerprint density at radius 3 is 2.62 bits per heavy atom. The second kappa shape index (κ2) is 6.18. The lowest BCUT2D eigenvalue weighted by Gasteiger charge is -2.14. The molecule has 0 aliphatic carbocycles.